The predicted molar refractivity (Wildman–Crippen MR) is 17.4 cm³/mol. The summed E-state index contributed by atoms with van der Waals surface area (Å²) in [6.45, 7) is -1.28. The second kappa shape index (κ2) is 2.40. The summed E-state index contributed by atoms with van der Waals surface area (Å²) in [5.41, 5.74) is 0. The molecule has 1 radical (unpaired) electrons. The van der Waals surface area contributed by atoms with Crippen LogP contribution in [0.2, 0.25) is 0 Å². The minimum atomic E-state index is -3.51. The molecule has 0 aromatic rings. The summed E-state index contributed by atoms with van der Waals surface area (Å²) in [4.78, 5) is 2.77. The molecule has 0 N–H and O–H groups in total. The maximum absolute atomic E-state index is 11.2. The highest BCUT2D eigenvalue weighted by Gasteiger charge is 2.24. The molecule has 0 rings (SSSR count). The van der Waals surface area contributed by atoms with Gasteiger partial charge < -0.3 is 0 Å². The highest BCUT2D eigenvalue weighted by atomic mass is 35.5. The Morgan fingerprint density at radius 2 is 2.14 bits per heavy atom. The van der Waals surface area contributed by atoms with Crippen molar-refractivity contribution in [3.8, 4) is 0 Å². The standard InChI is InChI=1S/C2H2ClF2O2/c3-2(4,5)1-7-6/h1H2. The molecule has 0 aliphatic heterocycles. The van der Waals surface area contributed by atoms with Gasteiger partial charge >= 0.3 is 5.38 Å². The first-order valence-electron chi connectivity index (χ1n) is 1.38. The molecule has 0 aliphatic rings. The van der Waals surface area contributed by atoms with Crippen molar-refractivity contribution in [3.63, 3.8) is 0 Å². The van der Waals surface area contributed by atoms with Crippen LogP contribution in [0, 0.1) is 0 Å². The molecule has 0 aromatic carbocycles. The van der Waals surface area contributed by atoms with Crippen molar-refractivity contribution in [3.05, 3.63) is 0 Å². The van der Waals surface area contributed by atoms with E-state index in [-0.39, 0.29) is 0 Å². The van der Waals surface area contributed by atoms with E-state index in [9.17, 15) is 8.78 Å². The lowest BCUT2D eigenvalue weighted by Crippen LogP contribution is -2.12. The van der Waals surface area contributed by atoms with Crippen molar-refractivity contribution in [2.45, 2.75) is 5.38 Å². The number of alkyl halides is 3. The van der Waals surface area contributed by atoms with E-state index >= 15 is 0 Å². The number of rotatable bonds is 2. The zero-order valence-electron chi connectivity index (χ0n) is 3.16. The van der Waals surface area contributed by atoms with E-state index < -0.39 is 12.0 Å². The van der Waals surface area contributed by atoms with Gasteiger partial charge in [0.15, 0.2) is 6.61 Å². The molecule has 0 saturated carbocycles. The third-order valence-electron chi connectivity index (χ3n) is 0.223. The van der Waals surface area contributed by atoms with Gasteiger partial charge in [0.25, 0.3) is 0 Å². The quantitative estimate of drug-likeness (QED) is 0.314. The van der Waals surface area contributed by atoms with Crippen molar-refractivity contribution >= 4 is 11.6 Å². The fourth-order valence-electron chi connectivity index (χ4n) is 0.0668. The van der Waals surface area contributed by atoms with Gasteiger partial charge in [0, 0.05) is 0 Å². The van der Waals surface area contributed by atoms with Crippen molar-refractivity contribution in [1.82, 2.24) is 0 Å². The predicted octanol–water partition coefficient (Wildman–Crippen LogP) is 1.18. The van der Waals surface area contributed by atoms with E-state index in [2.05, 4.69) is 16.5 Å². The van der Waals surface area contributed by atoms with E-state index in [4.69, 9.17) is 5.26 Å². The first kappa shape index (κ1) is 7.07. The van der Waals surface area contributed by atoms with Crippen LogP contribution in [0.3, 0.4) is 0 Å². The van der Waals surface area contributed by atoms with Gasteiger partial charge in [-0.05, 0) is 16.9 Å². The first-order valence-corrected chi connectivity index (χ1v) is 1.75. The van der Waals surface area contributed by atoms with Crippen LogP contribution in [0.25, 0.3) is 0 Å². The molecule has 0 amide bonds. The number of hydrogen-bond acceptors (Lipinski definition) is 1. The molecule has 5 heteroatoms. The molecule has 0 spiro atoms. The van der Waals surface area contributed by atoms with E-state index in [0.29, 0.717) is 0 Å². The van der Waals surface area contributed by atoms with Crippen LogP contribution in [-0.2, 0) is 10.1 Å². The van der Waals surface area contributed by atoms with Gasteiger partial charge in [-0.2, -0.15) is 13.7 Å². The van der Waals surface area contributed by atoms with Crippen LogP contribution in [0.4, 0.5) is 8.78 Å². The van der Waals surface area contributed by atoms with Gasteiger partial charge in [0.2, 0.25) is 0 Å². The van der Waals surface area contributed by atoms with Crippen LogP contribution in [0.1, 0.15) is 0 Å². The Bertz CT molecular complexity index is 52.1. The lowest BCUT2D eigenvalue weighted by Gasteiger charge is -1.99. The van der Waals surface area contributed by atoms with Crippen LogP contribution in [0.15, 0.2) is 0 Å². The van der Waals surface area contributed by atoms with E-state index in [1.165, 1.54) is 0 Å². The molecule has 0 heterocycles. The van der Waals surface area contributed by atoms with Gasteiger partial charge in [0.05, 0.1) is 0 Å². The van der Waals surface area contributed by atoms with E-state index in [0.717, 1.165) is 0 Å². The van der Waals surface area contributed by atoms with Crippen LogP contribution in [0.5, 0.6) is 0 Å². The largest absolute Gasteiger partial charge is 0.347 e. The van der Waals surface area contributed by atoms with Crippen molar-refractivity contribution in [2.75, 3.05) is 6.61 Å². The lowest BCUT2D eigenvalue weighted by atomic mass is 10.8. The third-order valence-corrected chi connectivity index (χ3v) is 0.332. The molecule has 0 fully saturated rings. The van der Waals surface area contributed by atoms with Gasteiger partial charge in [-0.3, -0.25) is 0 Å². The first-order chi connectivity index (χ1) is 3.06. The van der Waals surface area contributed by atoms with Gasteiger partial charge in [0.1, 0.15) is 0 Å². The molecular weight excluding hydrogens is 129 g/mol. The SMILES string of the molecule is [O]OCC(F)(F)Cl. The van der Waals surface area contributed by atoms with E-state index in [1.807, 2.05) is 0 Å². The zero-order chi connectivity index (χ0) is 5.91. The topological polar surface area (TPSA) is 29.1 Å². The number of halogens is 3. The summed E-state index contributed by atoms with van der Waals surface area (Å²) >= 11 is 4.17. The Morgan fingerprint density at radius 3 is 2.14 bits per heavy atom. The average Bonchev–Trinajstić information content (AvgIpc) is 1.30. The molecule has 0 unspecified atom stereocenters. The summed E-state index contributed by atoms with van der Waals surface area (Å²) in [6, 6.07) is 0. The summed E-state index contributed by atoms with van der Waals surface area (Å²) < 4.78 is 22.3. The van der Waals surface area contributed by atoms with Crippen molar-refractivity contribution < 1.29 is 18.9 Å². The van der Waals surface area contributed by atoms with Crippen molar-refractivity contribution in [2.24, 2.45) is 0 Å². The van der Waals surface area contributed by atoms with Crippen LogP contribution >= 0.6 is 11.6 Å². The maximum atomic E-state index is 11.2. The molecule has 0 aliphatic carbocycles. The van der Waals surface area contributed by atoms with E-state index in [1.54, 1.807) is 0 Å². The summed E-state index contributed by atoms with van der Waals surface area (Å²) in [5, 5.41) is 5.37. The molecule has 7 heavy (non-hydrogen) atoms. The van der Waals surface area contributed by atoms with Gasteiger partial charge in [-0.1, -0.05) is 0 Å². The Balaban J connectivity index is 3.15. The van der Waals surface area contributed by atoms with Crippen LogP contribution in [-0.4, -0.2) is 12.0 Å². The molecule has 0 saturated heterocycles. The maximum Gasteiger partial charge on any atom is 0.347 e. The highest BCUT2D eigenvalue weighted by molar-refractivity contribution is 6.21. The monoisotopic (exact) mass is 131 g/mol. The second-order valence-corrected chi connectivity index (χ2v) is 1.43. The Hall–Kier alpha value is 0.0700. The third kappa shape index (κ3) is 6.07. The summed E-state index contributed by atoms with van der Waals surface area (Å²) in [5.74, 6) is 0. The summed E-state index contributed by atoms with van der Waals surface area (Å²) in [6.07, 6.45) is 0. The Labute approximate surface area is 43.6 Å². The normalized spacial score (nSPS) is 12.0. The Morgan fingerprint density at radius 1 is 1.71 bits per heavy atom. The molecule has 43 valence electrons. The second-order valence-electron chi connectivity index (χ2n) is 0.877. The number of hydrogen-bond donors (Lipinski definition) is 0. The Kier molecular flexibility index (Phi) is 2.42. The molecule has 0 aromatic heterocycles. The molecule has 0 bridgehead atoms. The molecule has 0 atom stereocenters. The smallest absolute Gasteiger partial charge is 0.196 e. The minimum Gasteiger partial charge on any atom is -0.196 e. The fraction of sp³-hybridized carbons (Fsp3) is 1.00. The average molecular weight is 131 g/mol. The van der Waals surface area contributed by atoms with Crippen LogP contribution < -0.4 is 0 Å². The molecule has 2 nitrogen and oxygen atoms in total. The van der Waals surface area contributed by atoms with Gasteiger partial charge in [-0.15, -0.1) is 0 Å². The minimum absolute atomic E-state index is 1.28. The van der Waals surface area contributed by atoms with Crippen molar-refractivity contribution in [1.29, 1.82) is 0 Å². The molecular formula is C2H2ClF2O2. The highest BCUT2D eigenvalue weighted by Crippen LogP contribution is 2.17. The zero-order valence-corrected chi connectivity index (χ0v) is 3.91. The lowest BCUT2D eigenvalue weighted by molar-refractivity contribution is -0.322. The fourth-order valence-corrected chi connectivity index (χ4v) is 0.111. The summed E-state index contributed by atoms with van der Waals surface area (Å²) in [7, 11) is 0. The van der Waals surface area contributed by atoms with Gasteiger partial charge in [-0.25, -0.2) is 0 Å².